The van der Waals surface area contributed by atoms with Gasteiger partial charge in [-0.1, -0.05) is 13.0 Å². The molecule has 1 fully saturated rings. The molecule has 0 aliphatic carbocycles. The number of aliphatic carboxylic acids is 1. The highest BCUT2D eigenvalue weighted by Crippen LogP contribution is 2.40. The Bertz CT molecular complexity index is 598. The first kappa shape index (κ1) is 14.9. The minimum atomic E-state index is -0.799. The fourth-order valence-corrected chi connectivity index (χ4v) is 3.03. The minimum Gasteiger partial charge on any atom is -0.493 e. The van der Waals surface area contributed by atoms with Gasteiger partial charge in [-0.2, -0.15) is 0 Å². The summed E-state index contributed by atoms with van der Waals surface area (Å²) in [5.74, 6) is 0.853. The highest BCUT2D eigenvalue weighted by molar-refractivity contribution is 5.69. The van der Waals surface area contributed by atoms with E-state index in [2.05, 4.69) is 13.0 Å². The summed E-state index contributed by atoms with van der Waals surface area (Å²) in [7, 11) is 0. The number of carbonyl (C=O) groups is 1. The van der Waals surface area contributed by atoms with E-state index in [4.69, 9.17) is 14.6 Å². The van der Waals surface area contributed by atoms with Crippen LogP contribution < -0.4 is 9.47 Å². The van der Waals surface area contributed by atoms with Gasteiger partial charge < -0.3 is 14.6 Å². The predicted octanol–water partition coefficient (Wildman–Crippen LogP) is 2.41. The highest BCUT2D eigenvalue weighted by Gasteiger charge is 2.40. The average molecular weight is 303 g/mol. The maximum absolute atomic E-state index is 10.9. The van der Waals surface area contributed by atoms with Crippen molar-refractivity contribution in [2.45, 2.75) is 25.4 Å². The van der Waals surface area contributed by atoms with E-state index in [0.29, 0.717) is 13.2 Å². The molecule has 2 heterocycles. The third-order valence-electron chi connectivity index (χ3n) is 4.06. The number of benzene rings is 1. The Kier molecular flexibility index (Phi) is 4.07. The maximum Gasteiger partial charge on any atom is 0.317 e. The van der Waals surface area contributed by atoms with Crippen molar-refractivity contribution in [2.24, 2.45) is 0 Å². The van der Waals surface area contributed by atoms with Crippen molar-refractivity contribution in [1.29, 1.82) is 0 Å². The van der Waals surface area contributed by atoms with Crippen LogP contribution in [0.1, 0.15) is 25.3 Å². The van der Waals surface area contributed by atoms with Gasteiger partial charge in [0.2, 0.25) is 0 Å². The molecule has 1 aromatic rings. The van der Waals surface area contributed by atoms with Gasteiger partial charge in [-0.05, 0) is 30.7 Å². The van der Waals surface area contributed by atoms with Gasteiger partial charge in [-0.3, -0.25) is 9.69 Å². The number of hydrogen-bond donors (Lipinski definition) is 1. The Hall–Kier alpha value is -2.01. The summed E-state index contributed by atoms with van der Waals surface area (Å²) in [6.07, 6.45) is 5.86. The van der Waals surface area contributed by atoms with E-state index in [1.165, 1.54) is 0 Å². The fraction of sp³-hybridized carbons (Fsp3) is 0.471. The third-order valence-corrected chi connectivity index (χ3v) is 4.06. The van der Waals surface area contributed by atoms with E-state index in [1.807, 2.05) is 29.2 Å². The van der Waals surface area contributed by atoms with Crippen molar-refractivity contribution >= 4 is 12.0 Å². The molecule has 1 aromatic carbocycles. The molecule has 1 saturated heterocycles. The zero-order chi connectivity index (χ0) is 15.6. The molecule has 0 aromatic heterocycles. The Balaban J connectivity index is 1.77. The third kappa shape index (κ3) is 2.95. The molecule has 0 saturated carbocycles. The number of likely N-dealkylation sites (tertiary alicyclic amines) is 1. The first-order chi connectivity index (χ1) is 10.6. The van der Waals surface area contributed by atoms with Crippen LogP contribution in [0, 0.1) is 0 Å². The summed E-state index contributed by atoms with van der Waals surface area (Å²) in [5, 5.41) is 8.92. The number of carboxylic acid groups (broad SMARTS) is 1. The highest BCUT2D eigenvalue weighted by atomic mass is 16.5. The van der Waals surface area contributed by atoms with Gasteiger partial charge in [-0.15, -0.1) is 0 Å². The number of rotatable bonds is 5. The van der Waals surface area contributed by atoms with Gasteiger partial charge >= 0.3 is 5.97 Å². The van der Waals surface area contributed by atoms with Crippen LogP contribution in [0.4, 0.5) is 0 Å². The van der Waals surface area contributed by atoms with Crippen LogP contribution in [-0.4, -0.2) is 47.8 Å². The zero-order valence-electron chi connectivity index (χ0n) is 12.7. The molecule has 2 aliphatic heterocycles. The summed E-state index contributed by atoms with van der Waals surface area (Å²) < 4.78 is 12.0. The van der Waals surface area contributed by atoms with E-state index in [9.17, 15) is 4.79 Å². The summed E-state index contributed by atoms with van der Waals surface area (Å²) in [5.41, 5.74) is 0.560. The minimum absolute atomic E-state index is 0.0610. The van der Waals surface area contributed by atoms with E-state index in [1.54, 1.807) is 0 Å². The smallest absolute Gasteiger partial charge is 0.317 e. The molecule has 1 atom stereocenters. The lowest BCUT2D eigenvalue weighted by Gasteiger charge is -2.32. The molecule has 0 radical (unpaired) electrons. The van der Waals surface area contributed by atoms with Crippen molar-refractivity contribution in [3.05, 3.63) is 29.8 Å². The summed E-state index contributed by atoms with van der Waals surface area (Å²) in [6.45, 7) is 4.16. The van der Waals surface area contributed by atoms with Crippen molar-refractivity contribution in [2.75, 3.05) is 26.2 Å². The van der Waals surface area contributed by atoms with Crippen molar-refractivity contribution < 1.29 is 19.4 Å². The van der Waals surface area contributed by atoms with Gasteiger partial charge in [0.1, 0.15) is 17.1 Å². The number of ether oxygens (including phenoxy) is 2. The molecule has 0 amide bonds. The van der Waals surface area contributed by atoms with E-state index in [0.717, 1.165) is 36.4 Å². The van der Waals surface area contributed by atoms with Gasteiger partial charge in [-0.25, -0.2) is 0 Å². The zero-order valence-corrected chi connectivity index (χ0v) is 12.7. The van der Waals surface area contributed by atoms with E-state index < -0.39 is 11.6 Å². The van der Waals surface area contributed by atoms with Gasteiger partial charge in [0.25, 0.3) is 0 Å². The molecule has 3 rings (SSSR count). The average Bonchev–Trinajstić information content (AvgIpc) is 2.86. The predicted molar refractivity (Wildman–Crippen MR) is 83.3 cm³/mol. The Morgan fingerprint density at radius 1 is 1.50 bits per heavy atom. The lowest BCUT2D eigenvalue weighted by Crippen LogP contribution is -2.40. The van der Waals surface area contributed by atoms with Crippen molar-refractivity contribution in [3.63, 3.8) is 0 Å². The fourth-order valence-electron chi connectivity index (χ4n) is 3.03. The second kappa shape index (κ2) is 6.01. The van der Waals surface area contributed by atoms with Crippen molar-refractivity contribution in [3.8, 4) is 11.5 Å². The lowest BCUT2D eigenvalue weighted by atomic mass is 9.97. The second-order valence-electron chi connectivity index (χ2n) is 5.87. The Morgan fingerprint density at radius 2 is 2.36 bits per heavy atom. The molecule has 118 valence electrons. The van der Waals surface area contributed by atoms with Crippen LogP contribution in [0.25, 0.3) is 6.08 Å². The van der Waals surface area contributed by atoms with Crippen LogP contribution in [-0.2, 0) is 4.79 Å². The molecule has 0 bridgehead atoms. The number of hydrogen-bond acceptors (Lipinski definition) is 4. The standard InChI is InChI=1S/C17H21NO4/c1-2-10-21-14-4-3-5-15-13(14)6-7-17(22-15)8-9-18(12-17)11-16(19)20/h3-7H,2,8-12H2,1H3,(H,19,20). The number of carboxylic acids is 1. The van der Waals surface area contributed by atoms with Gasteiger partial charge in [0.05, 0.1) is 18.7 Å². The topological polar surface area (TPSA) is 59.0 Å². The largest absolute Gasteiger partial charge is 0.493 e. The summed E-state index contributed by atoms with van der Waals surface area (Å²) >= 11 is 0. The molecule has 2 aliphatic rings. The molecule has 5 nitrogen and oxygen atoms in total. The number of fused-ring (bicyclic) bond motifs is 1. The molecule has 22 heavy (non-hydrogen) atoms. The van der Waals surface area contributed by atoms with Crippen LogP contribution in [0.15, 0.2) is 24.3 Å². The van der Waals surface area contributed by atoms with Gasteiger partial charge in [0, 0.05) is 19.5 Å². The van der Waals surface area contributed by atoms with Crippen LogP contribution >= 0.6 is 0 Å². The lowest BCUT2D eigenvalue weighted by molar-refractivity contribution is -0.138. The molecule has 1 unspecified atom stereocenters. The molecule has 5 heteroatoms. The SMILES string of the molecule is CCCOc1cccc2c1C=CC1(CCN(CC(=O)O)C1)O2. The molecular formula is C17H21NO4. The van der Waals surface area contributed by atoms with Crippen LogP contribution in [0.5, 0.6) is 11.5 Å². The van der Waals surface area contributed by atoms with Crippen LogP contribution in [0.2, 0.25) is 0 Å². The Morgan fingerprint density at radius 3 is 3.14 bits per heavy atom. The van der Waals surface area contributed by atoms with E-state index >= 15 is 0 Å². The monoisotopic (exact) mass is 303 g/mol. The number of nitrogens with zero attached hydrogens (tertiary/aromatic N) is 1. The first-order valence-electron chi connectivity index (χ1n) is 7.70. The molecule has 1 N–H and O–H groups in total. The van der Waals surface area contributed by atoms with E-state index in [-0.39, 0.29) is 6.54 Å². The maximum atomic E-state index is 10.9. The first-order valence-corrected chi connectivity index (χ1v) is 7.70. The summed E-state index contributed by atoms with van der Waals surface area (Å²) in [4.78, 5) is 12.8. The second-order valence-corrected chi connectivity index (χ2v) is 5.87. The molecular weight excluding hydrogens is 282 g/mol. The molecule has 1 spiro atoms. The van der Waals surface area contributed by atoms with Crippen LogP contribution in [0.3, 0.4) is 0 Å². The summed E-state index contributed by atoms with van der Waals surface area (Å²) in [6, 6.07) is 5.82. The van der Waals surface area contributed by atoms with Crippen molar-refractivity contribution in [1.82, 2.24) is 4.90 Å². The quantitative estimate of drug-likeness (QED) is 0.905. The normalized spacial score (nSPS) is 23.3. The Labute approximate surface area is 130 Å². The van der Waals surface area contributed by atoms with Gasteiger partial charge in [0.15, 0.2) is 0 Å².